The zero-order valence-electron chi connectivity index (χ0n) is 18.3. The number of carboxylic acid groups (broad SMARTS) is 1. The van der Waals surface area contributed by atoms with Crippen molar-refractivity contribution in [3.05, 3.63) is 88.8 Å². The minimum atomic E-state index is -1.03. The van der Waals surface area contributed by atoms with Gasteiger partial charge in [-0.05, 0) is 32.0 Å². The first-order chi connectivity index (χ1) is 16.3. The van der Waals surface area contributed by atoms with E-state index in [9.17, 15) is 9.59 Å². The van der Waals surface area contributed by atoms with Crippen LogP contribution in [-0.2, 0) is 4.74 Å². The van der Waals surface area contributed by atoms with E-state index in [4.69, 9.17) is 26.0 Å². The number of hydrogen-bond acceptors (Lipinski definition) is 6. The molecule has 1 amide bonds. The molecule has 9 heteroatoms. The molecule has 0 radical (unpaired) electrons. The van der Waals surface area contributed by atoms with Crippen LogP contribution in [0.25, 0.3) is 22.5 Å². The highest BCUT2D eigenvalue weighted by Gasteiger charge is 2.20. The van der Waals surface area contributed by atoms with E-state index in [0.717, 1.165) is 5.56 Å². The minimum Gasteiger partial charge on any atom is -0.478 e. The van der Waals surface area contributed by atoms with Crippen molar-refractivity contribution in [2.24, 2.45) is 0 Å². The lowest BCUT2D eigenvalue weighted by atomic mass is 10.0. The van der Waals surface area contributed by atoms with Crippen LogP contribution in [0, 0.1) is 6.92 Å². The number of pyridine rings is 1. The second-order valence-electron chi connectivity index (χ2n) is 7.47. The molecule has 2 heterocycles. The molecule has 0 aliphatic heterocycles. The highest BCUT2D eigenvalue weighted by Crippen LogP contribution is 2.32. The van der Waals surface area contributed by atoms with Gasteiger partial charge >= 0.3 is 12.1 Å². The van der Waals surface area contributed by atoms with Crippen molar-refractivity contribution in [2.75, 3.05) is 5.32 Å². The van der Waals surface area contributed by atoms with Crippen LogP contribution in [0.4, 0.5) is 10.5 Å². The monoisotopic (exact) mass is 477 g/mol. The van der Waals surface area contributed by atoms with Gasteiger partial charge in [0.25, 0.3) is 0 Å². The Bertz CT molecular complexity index is 1330. The summed E-state index contributed by atoms with van der Waals surface area (Å²) >= 11 is 6.19. The number of aromatic nitrogens is 2. The van der Waals surface area contributed by atoms with Gasteiger partial charge in [0.15, 0.2) is 5.76 Å². The van der Waals surface area contributed by atoms with Gasteiger partial charge in [0.1, 0.15) is 17.5 Å². The van der Waals surface area contributed by atoms with E-state index in [1.54, 1.807) is 38.1 Å². The van der Waals surface area contributed by atoms with Gasteiger partial charge in [-0.25, -0.2) is 9.59 Å². The number of aromatic carboxylic acids is 1. The number of hydrogen-bond donors (Lipinski definition) is 2. The van der Waals surface area contributed by atoms with Crippen molar-refractivity contribution in [1.82, 2.24) is 10.1 Å². The molecule has 0 aliphatic rings. The number of carboxylic acids is 1. The normalized spacial score (nSPS) is 11.6. The molecule has 2 aromatic heterocycles. The van der Waals surface area contributed by atoms with Crippen molar-refractivity contribution >= 4 is 29.4 Å². The Morgan fingerprint density at radius 3 is 2.41 bits per heavy atom. The molecule has 0 bridgehead atoms. The molecular formula is C25H20ClN3O5. The Balaban J connectivity index is 1.50. The Kier molecular flexibility index (Phi) is 6.60. The van der Waals surface area contributed by atoms with E-state index < -0.39 is 18.2 Å². The number of carbonyl (C=O) groups excluding carboxylic acids is 1. The largest absolute Gasteiger partial charge is 0.478 e. The summed E-state index contributed by atoms with van der Waals surface area (Å²) in [5, 5.41) is 16.3. The minimum absolute atomic E-state index is 0.116. The molecule has 4 rings (SSSR count). The van der Waals surface area contributed by atoms with Gasteiger partial charge < -0.3 is 14.4 Å². The summed E-state index contributed by atoms with van der Waals surface area (Å²) in [4.78, 5) is 27.8. The number of aryl methyl sites for hydroxylation is 1. The number of amides is 1. The van der Waals surface area contributed by atoms with E-state index in [1.807, 2.05) is 30.3 Å². The fraction of sp³-hybridized carbons (Fsp3) is 0.120. The van der Waals surface area contributed by atoms with Crippen LogP contribution in [0.2, 0.25) is 5.02 Å². The lowest BCUT2D eigenvalue weighted by Gasteiger charge is -2.15. The molecule has 1 unspecified atom stereocenters. The topological polar surface area (TPSA) is 115 Å². The number of rotatable bonds is 6. The van der Waals surface area contributed by atoms with E-state index in [0.29, 0.717) is 39.0 Å². The highest BCUT2D eigenvalue weighted by atomic mass is 35.5. The third-order valence-corrected chi connectivity index (χ3v) is 5.53. The third kappa shape index (κ3) is 4.92. The average Bonchev–Trinajstić information content (AvgIpc) is 3.19. The molecule has 1 atom stereocenters. The first-order valence-electron chi connectivity index (χ1n) is 10.3. The predicted octanol–water partition coefficient (Wildman–Crippen LogP) is 6.37. The fourth-order valence-electron chi connectivity index (χ4n) is 3.37. The van der Waals surface area contributed by atoms with E-state index >= 15 is 0 Å². The van der Waals surface area contributed by atoms with E-state index in [1.165, 1.54) is 12.3 Å². The molecule has 34 heavy (non-hydrogen) atoms. The molecule has 0 aliphatic carbocycles. The van der Waals surface area contributed by atoms with Gasteiger partial charge in [-0.1, -0.05) is 59.2 Å². The summed E-state index contributed by atoms with van der Waals surface area (Å²) in [6.07, 6.45) is 0.0834. The first kappa shape index (κ1) is 23.0. The van der Waals surface area contributed by atoms with E-state index in [2.05, 4.69) is 15.5 Å². The maximum Gasteiger partial charge on any atom is 0.412 e. The second kappa shape index (κ2) is 9.76. The number of anilines is 1. The number of benzene rings is 2. The Hall–Kier alpha value is -4.17. The zero-order valence-corrected chi connectivity index (χ0v) is 19.0. The quantitative estimate of drug-likeness (QED) is 0.331. The van der Waals surface area contributed by atoms with Crippen molar-refractivity contribution in [2.45, 2.75) is 20.0 Å². The van der Waals surface area contributed by atoms with Crippen LogP contribution in [0.5, 0.6) is 0 Å². The summed E-state index contributed by atoms with van der Waals surface area (Å²) in [5.41, 5.74) is 3.78. The standard InChI is InChI=1S/C25H20ClN3O5/c1-14(19-5-3-4-6-20(19)26)33-25(32)28-22-15(2)34-29-23(22)17-9-7-16(8-10-17)21-12-11-18(13-27-21)24(30)31/h3-14H,1-2H3,(H,28,32)(H,30,31). The van der Waals surface area contributed by atoms with Gasteiger partial charge in [0.2, 0.25) is 0 Å². The number of nitrogens with zero attached hydrogens (tertiary/aromatic N) is 2. The van der Waals surface area contributed by atoms with Gasteiger partial charge in [-0.3, -0.25) is 10.3 Å². The third-order valence-electron chi connectivity index (χ3n) is 5.18. The molecule has 2 N–H and O–H groups in total. The second-order valence-corrected chi connectivity index (χ2v) is 7.88. The van der Waals surface area contributed by atoms with Crippen molar-refractivity contribution in [3.8, 4) is 22.5 Å². The van der Waals surface area contributed by atoms with Crippen LogP contribution in [0.15, 0.2) is 71.4 Å². The molecule has 0 fully saturated rings. The molecular weight excluding hydrogens is 458 g/mol. The SMILES string of the molecule is Cc1onc(-c2ccc(-c3ccc(C(=O)O)cn3)cc2)c1NC(=O)OC(C)c1ccccc1Cl. The van der Waals surface area contributed by atoms with Crippen LogP contribution in [-0.4, -0.2) is 27.3 Å². The smallest absolute Gasteiger partial charge is 0.412 e. The molecule has 0 spiro atoms. The maximum absolute atomic E-state index is 12.6. The average molecular weight is 478 g/mol. The van der Waals surface area contributed by atoms with Crippen molar-refractivity contribution in [3.63, 3.8) is 0 Å². The maximum atomic E-state index is 12.6. The lowest BCUT2D eigenvalue weighted by Crippen LogP contribution is -2.17. The molecule has 0 saturated carbocycles. The summed E-state index contributed by atoms with van der Waals surface area (Å²) in [7, 11) is 0. The molecule has 8 nitrogen and oxygen atoms in total. The summed E-state index contributed by atoms with van der Waals surface area (Å²) in [5.74, 6) is -0.608. The Morgan fingerprint density at radius 1 is 1.06 bits per heavy atom. The lowest BCUT2D eigenvalue weighted by molar-refractivity contribution is 0.0696. The van der Waals surface area contributed by atoms with E-state index in [-0.39, 0.29) is 5.56 Å². The van der Waals surface area contributed by atoms with Crippen molar-refractivity contribution in [1.29, 1.82) is 0 Å². The predicted molar refractivity (Wildman–Crippen MR) is 127 cm³/mol. The van der Waals surface area contributed by atoms with Gasteiger partial charge in [0.05, 0.1) is 11.3 Å². The van der Waals surface area contributed by atoms with Crippen LogP contribution >= 0.6 is 11.6 Å². The van der Waals surface area contributed by atoms with Crippen LogP contribution in [0.1, 0.15) is 34.7 Å². The van der Waals surface area contributed by atoms with Crippen LogP contribution in [0.3, 0.4) is 0 Å². The molecule has 4 aromatic rings. The number of halogens is 1. The summed E-state index contributed by atoms with van der Waals surface area (Å²) in [6, 6.07) is 17.5. The van der Waals surface area contributed by atoms with Gasteiger partial charge in [0, 0.05) is 27.9 Å². The zero-order chi connectivity index (χ0) is 24.2. The number of ether oxygens (including phenoxy) is 1. The summed E-state index contributed by atoms with van der Waals surface area (Å²) < 4.78 is 10.8. The van der Waals surface area contributed by atoms with Gasteiger partial charge in [-0.15, -0.1) is 0 Å². The Morgan fingerprint density at radius 2 is 1.76 bits per heavy atom. The highest BCUT2D eigenvalue weighted by molar-refractivity contribution is 6.31. The number of nitrogens with one attached hydrogen (secondary N) is 1. The first-order valence-corrected chi connectivity index (χ1v) is 10.7. The Labute approximate surface area is 200 Å². The molecule has 2 aromatic carbocycles. The fourth-order valence-corrected chi connectivity index (χ4v) is 3.66. The van der Waals surface area contributed by atoms with Crippen LogP contribution < -0.4 is 5.32 Å². The molecule has 0 saturated heterocycles. The van der Waals surface area contributed by atoms with Gasteiger partial charge in [-0.2, -0.15) is 0 Å². The summed E-state index contributed by atoms with van der Waals surface area (Å²) in [6.45, 7) is 3.42. The van der Waals surface area contributed by atoms with Crippen molar-refractivity contribution < 1.29 is 24.0 Å². The molecule has 172 valence electrons. The number of carbonyl (C=O) groups is 2.